The van der Waals surface area contributed by atoms with E-state index in [0.29, 0.717) is 6.54 Å². The van der Waals surface area contributed by atoms with Gasteiger partial charge >= 0.3 is 0 Å². The first kappa shape index (κ1) is 21.0. The lowest BCUT2D eigenvalue weighted by Gasteiger charge is -2.20. The maximum absolute atomic E-state index is 12.5. The fourth-order valence-corrected chi connectivity index (χ4v) is 4.29. The van der Waals surface area contributed by atoms with Crippen molar-refractivity contribution < 1.29 is 4.79 Å². The Hall–Kier alpha value is -3.23. The Kier molecular flexibility index (Phi) is 6.29. The van der Waals surface area contributed by atoms with Crippen LogP contribution in [0.5, 0.6) is 0 Å². The third-order valence-corrected chi connectivity index (χ3v) is 5.97. The van der Waals surface area contributed by atoms with E-state index in [1.807, 2.05) is 41.9 Å². The van der Waals surface area contributed by atoms with Crippen molar-refractivity contribution in [3.8, 4) is 0 Å². The molecule has 0 aliphatic carbocycles. The summed E-state index contributed by atoms with van der Waals surface area (Å²) < 4.78 is 1.94. The number of carbonyl (C=O) groups is 1. The molecule has 1 aromatic carbocycles. The number of aromatic amines is 1. The van der Waals surface area contributed by atoms with E-state index in [4.69, 9.17) is 0 Å². The largest absolute Gasteiger partial charge is 0.346 e. The lowest BCUT2D eigenvalue weighted by Crippen LogP contribution is -2.30. The van der Waals surface area contributed by atoms with Crippen LogP contribution in [0.3, 0.4) is 0 Å². The lowest BCUT2D eigenvalue weighted by atomic mass is 10.2. The van der Waals surface area contributed by atoms with Crippen LogP contribution < -0.4 is 10.9 Å². The van der Waals surface area contributed by atoms with Crippen LogP contribution in [-0.2, 0) is 19.6 Å². The minimum Gasteiger partial charge on any atom is -0.346 e. The van der Waals surface area contributed by atoms with E-state index in [1.165, 1.54) is 10.4 Å². The molecule has 31 heavy (non-hydrogen) atoms. The Morgan fingerprint density at radius 3 is 2.68 bits per heavy atom. The molecule has 4 rings (SSSR count). The molecule has 0 radical (unpaired) electrons. The molecule has 0 saturated carbocycles. The van der Waals surface area contributed by atoms with Crippen molar-refractivity contribution in [3.05, 3.63) is 92.6 Å². The number of carbonyl (C=O) groups excluding carboxylic acids is 1. The number of thiazole rings is 1. The van der Waals surface area contributed by atoms with E-state index in [1.54, 1.807) is 23.5 Å². The fraction of sp³-hybridized carbons (Fsp3) is 0.261. The van der Waals surface area contributed by atoms with Gasteiger partial charge in [-0.2, -0.15) is 0 Å². The summed E-state index contributed by atoms with van der Waals surface area (Å²) in [5.74, 6) is -0.406. The second-order valence-electron chi connectivity index (χ2n) is 7.46. The first-order valence-corrected chi connectivity index (χ1v) is 11.0. The van der Waals surface area contributed by atoms with E-state index in [2.05, 4.69) is 39.2 Å². The number of nitrogens with one attached hydrogen (secondary N) is 2. The van der Waals surface area contributed by atoms with Crippen LogP contribution in [0.25, 0.3) is 4.96 Å². The van der Waals surface area contributed by atoms with Gasteiger partial charge in [-0.3, -0.25) is 18.9 Å². The van der Waals surface area contributed by atoms with E-state index in [0.717, 1.165) is 29.4 Å². The normalized spacial score (nSPS) is 11.3. The summed E-state index contributed by atoms with van der Waals surface area (Å²) in [7, 11) is 0. The zero-order valence-electron chi connectivity index (χ0n) is 17.6. The molecule has 8 heteroatoms. The Labute approximate surface area is 184 Å². The zero-order chi connectivity index (χ0) is 21.8. The summed E-state index contributed by atoms with van der Waals surface area (Å²) in [4.78, 5) is 36.6. The van der Waals surface area contributed by atoms with Crippen molar-refractivity contribution in [2.75, 3.05) is 6.54 Å². The minimum absolute atomic E-state index is 0.103. The Balaban J connectivity index is 1.38. The Morgan fingerprint density at radius 2 is 1.97 bits per heavy atom. The average molecular weight is 436 g/mol. The molecule has 0 bridgehead atoms. The minimum atomic E-state index is -0.406. The highest BCUT2D eigenvalue weighted by molar-refractivity contribution is 7.16. The molecule has 0 fully saturated rings. The highest BCUT2D eigenvalue weighted by atomic mass is 32.1. The number of hydrogen-bond donors (Lipinski definition) is 2. The van der Waals surface area contributed by atoms with Crippen molar-refractivity contribution in [1.82, 2.24) is 24.6 Å². The number of nitrogens with zero attached hydrogens (tertiary/aromatic N) is 3. The van der Waals surface area contributed by atoms with Gasteiger partial charge < -0.3 is 10.3 Å². The third kappa shape index (κ3) is 5.10. The SMILES string of the molecule is CCN(Cc1ccccc1)Cc1ccc(C(=O)NCc2cn3cc(C)sc3n2)c(=O)[nH]1. The summed E-state index contributed by atoms with van der Waals surface area (Å²) >= 11 is 1.59. The fourth-order valence-electron chi connectivity index (χ4n) is 3.46. The van der Waals surface area contributed by atoms with Crippen LogP contribution in [-0.4, -0.2) is 31.7 Å². The number of pyridine rings is 1. The predicted molar refractivity (Wildman–Crippen MR) is 122 cm³/mol. The summed E-state index contributed by atoms with van der Waals surface area (Å²) in [6.07, 6.45) is 3.89. The maximum Gasteiger partial charge on any atom is 0.261 e. The molecule has 4 aromatic rings. The molecule has 0 aliphatic rings. The summed E-state index contributed by atoms with van der Waals surface area (Å²) in [6, 6.07) is 13.6. The zero-order valence-corrected chi connectivity index (χ0v) is 18.4. The van der Waals surface area contributed by atoms with Crippen molar-refractivity contribution in [2.45, 2.75) is 33.5 Å². The number of aryl methyl sites for hydroxylation is 1. The van der Waals surface area contributed by atoms with Crippen molar-refractivity contribution in [3.63, 3.8) is 0 Å². The quantitative estimate of drug-likeness (QED) is 0.445. The Bertz CT molecular complexity index is 1210. The molecule has 0 unspecified atom stereocenters. The van der Waals surface area contributed by atoms with Gasteiger partial charge in [0.05, 0.1) is 12.2 Å². The number of imidazole rings is 1. The summed E-state index contributed by atoms with van der Waals surface area (Å²) in [6.45, 7) is 6.63. The number of rotatable bonds is 8. The van der Waals surface area contributed by atoms with Crippen LogP contribution in [0.15, 0.2) is 59.7 Å². The molecule has 3 aromatic heterocycles. The number of H-pyrrole nitrogens is 1. The average Bonchev–Trinajstić information content (AvgIpc) is 3.29. The highest BCUT2D eigenvalue weighted by Crippen LogP contribution is 2.16. The Morgan fingerprint density at radius 1 is 1.16 bits per heavy atom. The number of fused-ring (bicyclic) bond motifs is 1. The molecule has 160 valence electrons. The maximum atomic E-state index is 12.5. The molecular formula is C23H25N5O2S. The monoisotopic (exact) mass is 435 g/mol. The smallest absolute Gasteiger partial charge is 0.261 e. The van der Waals surface area contributed by atoms with Gasteiger partial charge in [-0.25, -0.2) is 4.98 Å². The van der Waals surface area contributed by atoms with Crippen molar-refractivity contribution in [2.24, 2.45) is 0 Å². The highest BCUT2D eigenvalue weighted by Gasteiger charge is 2.13. The molecule has 7 nitrogen and oxygen atoms in total. The molecule has 0 saturated heterocycles. The molecule has 1 amide bonds. The van der Waals surface area contributed by atoms with Gasteiger partial charge in [0.15, 0.2) is 4.96 Å². The second kappa shape index (κ2) is 9.28. The van der Waals surface area contributed by atoms with Crippen LogP contribution in [0.1, 0.15) is 39.1 Å². The van der Waals surface area contributed by atoms with Gasteiger partial charge in [0, 0.05) is 36.1 Å². The van der Waals surface area contributed by atoms with Gasteiger partial charge in [0.2, 0.25) is 0 Å². The molecule has 2 N–H and O–H groups in total. The molecule has 3 heterocycles. The van der Waals surface area contributed by atoms with Gasteiger partial charge in [-0.1, -0.05) is 37.3 Å². The first-order chi connectivity index (χ1) is 15.0. The number of aromatic nitrogens is 3. The lowest BCUT2D eigenvalue weighted by molar-refractivity contribution is 0.0949. The molecule has 0 aliphatic heterocycles. The van der Waals surface area contributed by atoms with E-state index < -0.39 is 5.91 Å². The standard InChI is InChI=1S/C23H25N5O2S/c1-3-27(13-17-7-5-4-6-8-17)14-18-9-10-20(22(30)25-18)21(29)24-11-19-15-28-12-16(2)31-23(28)26-19/h4-10,12,15H,3,11,13-14H2,1-2H3,(H,24,29)(H,25,30). The number of amides is 1. The predicted octanol–water partition coefficient (Wildman–Crippen LogP) is 3.34. The second-order valence-corrected chi connectivity index (χ2v) is 8.68. The van der Waals surface area contributed by atoms with E-state index in [-0.39, 0.29) is 17.7 Å². The van der Waals surface area contributed by atoms with Crippen molar-refractivity contribution in [1.29, 1.82) is 0 Å². The van der Waals surface area contributed by atoms with Gasteiger partial charge in [-0.05, 0) is 31.2 Å². The van der Waals surface area contributed by atoms with Crippen LogP contribution in [0.4, 0.5) is 0 Å². The van der Waals surface area contributed by atoms with Crippen LogP contribution >= 0.6 is 11.3 Å². The van der Waals surface area contributed by atoms with Gasteiger partial charge in [-0.15, -0.1) is 11.3 Å². The third-order valence-electron chi connectivity index (χ3n) is 5.06. The molecule has 0 atom stereocenters. The van der Waals surface area contributed by atoms with Crippen LogP contribution in [0, 0.1) is 6.92 Å². The summed E-state index contributed by atoms with van der Waals surface area (Å²) in [5.41, 5.74) is 2.48. The van der Waals surface area contributed by atoms with Gasteiger partial charge in [0.25, 0.3) is 11.5 Å². The van der Waals surface area contributed by atoms with E-state index in [9.17, 15) is 9.59 Å². The first-order valence-electron chi connectivity index (χ1n) is 10.2. The summed E-state index contributed by atoms with van der Waals surface area (Å²) in [5, 5.41) is 2.78. The molecule has 0 spiro atoms. The van der Waals surface area contributed by atoms with Gasteiger partial charge in [0.1, 0.15) is 5.56 Å². The van der Waals surface area contributed by atoms with E-state index >= 15 is 0 Å². The topological polar surface area (TPSA) is 82.5 Å². The number of benzene rings is 1. The van der Waals surface area contributed by atoms with Crippen LogP contribution in [0.2, 0.25) is 0 Å². The number of hydrogen-bond acceptors (Lipinski definition) is 5. The van der Waals surface area contributed by atoms with Crippen molar-refractivity contribution >= 4 is 22.2 Å². The molecular weight excluding hydrogens is 410 g/mol.